The smallest absolute Gasteiger partial charge is 0.402 e. The Labute approximate surface area is 352 Å². The van der Waals surface area contributed by atoms with Gasteiger partial charge in [0.05, 0.1) is 0 Å². The zero-order valence-corrected chi connectivity index (χ0v) is 33.2. The summed E-state index contributed by atoms with van der Waals surface area (Å²) in [7, 11) is -2.17. The van der Waals surface area contributed by atoms with Crippen molar-refractivity contribution in [1.29, 1.82) is 0 Å². The van der Waals surface area contributed by atoms with Crippen molar-refractivity contribution in [3.05, 3.63) is 200 Å². The number of hydrogen-bond acceptors (Lipinski definition) is 6. The maximum absolute atomic E-state index is 7.17. The summed E-state index contributed by atoms with van der Waals surface area (Å²) >= 11 is 0. The summed E-state index contributed by atoms with van der Waals surface area (Å²) in [5.41, 5.74) is 21.7. The molecule has 0 atom stereocenters. The summed E-state index contributed by atoms with van der Waals surface area (Å²) in [6, 6.07) is 69.7. The first-order chi connectivity index (χ1) is 29.8. The predicted octanol–water partition coefficient (Wildman–Crippen LogP) is 12.1. The van der Waals surface area contributed by atoms with Crippen molar-refractivity contribution in [1.82, 2.24) is 0 Å². The summed E-state index contributed by atoms with van der Waals surface area (Å²) in [5, 5.41) is 43.1. The van der Waals surface area contributed by atoms with Crippen LogP contribution in [0.25, 0.3) is 97.0 Å². The highest BCUT2D eigenvalue weighted by molar-refractivity contribution is 6.30. The second kappa shape index (κ2) is 16.5. The van der Waals surface area contributed by atoms with E-state index >= 15 is 0 Å². The Morgan fingerprint density at radius 2 is 0.443 bits per heavy atom. The van der Waals surface area contributed by atoms with Gasteiger partial charge in [-0.3, -0.25) is 0 Å². The van der Waals surface area contributed by atoms with Crippen LogP contribution in [0.5, 0.6) is 0 Å². The third-order valence-electron chi connectivity index (χ3n) is 11.4. The topological polar surface area (TPSA) is 139 Å². The summed E-state index contributed by atoms with van der Waals surface area (Å²) in [4.78, 5) is 0. The Morgan fingerprint density at radius 1 is 0.230 bits per heavy atom. The van der Waals surface area contributed by atoms with Crippen LogP contribution in [0.15, 0.2) is 200 Å². The average Bonchev–Trinajstić information content (AvgIpc) is 3.29. The van der Waals surface area contributed by atoms with Crippen LogP contribution in [-0.2, 0) is 0 Å². The number of anilines is 3. The van der Waals surface area contributed by atoms with Crippen LogP contribution >= 0.6 is 0 Å². The third kappa shape index (κ3) is 7.46. The second-order valence-electron chi connectivity index (χ2n) is 15.0. The Hall–Kier alpha value is -7.68. The molecule has 0 aliphatic rings. The van der Waals surface area contributed by atoms with Gasteiger partial charge in [-0.15, -0.1) is 0 Å². The molecule has 0 bridgehead atoms. The lowest BCUT2D eigenvalue weighted by Crippen LogP contribution is -2.07. The molecule has 12 rings (SSSR count). The summed E-state index contributed by atoms with van der Waals surface area (Å²) in [6.07, 6.45) is 0. The minimum atomic E-state index is -2.17. The van der Waals surface area contributed by atoms with Crippen LogP contribution in [0.1, 0.15) is 0 Å². The highest BCUT2D eigenvalue weighted by Gasteiger charge is 2.10. The number of hydrogen-bond donors (Lipinski definition) is 6. The van der Waals surface area contributed by atoms with Gasteiger partial charge < -0.3 is 32.3 Å². The molecule has 0 amide bonds. The summed E-state index contributed by atoms with van der Waals surface area (Å²) in [5.74, 6) is 0. The SMILES string of the molecule is Nc1c2ccccc2cc2c1ccc1ccccc12.Nc1c2ccccc2cc2c1ccc1ccccc12.Nc1c2ccccc2cc2c1ccc1ccccc12.OB(O)O. The second-order valence-corrected chi connectivity index (χ2v) is 15.0. The monoisotopic (exact) mass is 791 g/mol. The molecule has 0 saturated carbocycles. The normalized spacial score (nSPS) is 11.1. The highest BCUT2D eigenvalue weighted by Crippen LogP contribution is 2.37. The van der Waals surface area contributed by atoms with Gasteiger partial charge in [-0.05, 0) is 82.8 Å². The van der Waals surface area contributed by atoms with Gasteiger partial charge in [-0.1, -0.05) is 182 Å². The molecular formula is C54H42BN3O3. The Morgan fingerprint density at radius 3 is 0.705 bits per heavy atom. The lowest BCUT2D eigenvalue weighted by Gasteiger charge is -2.10. The predicted molar refractivity (Wildman–Crippen MR) is 263 cm³/mol. The van der Waals surface area contributed by atoms with E-state index in [0.29, 0.717) is 0 Å². The third-order valence-corrected chi connectivity index (χ3v) is 11.4. The molecule has 61 heavy (non-hydrogen) atoms. The van der Waals surface area contributed by atoms with Crippen LogP contribution in [0.3, 0.4) is 0 Å². The van der Waals surface area contributed by atoms with Crippen molar-refractivity contribution in [2.75, 3.05) is 17.2 Å². The lowest BCUT2D eigenvalue weighted by molar-refractivity contribution is 0.278. The number of fused-ring (bicyclic) bond motifs is 12. The quantitative estimate of drug-likeness (QED) is 0.0391. The maximum atomic E-state index is 7.17. The molecule has 294 valence electrons. The van der Waals surface area contributed by atoms with Gasteiger partial charge in [0.2, 0.25) is 0 Å². The van der Waals surface area contributed by atoms with Crippen LogP contribution in [0.4, 0.5) is 17.1 Å². The van der Waals surface area contributed by atoms with E-state index in [1.165, 1.54) is 64.6 Å². The molecule has 0 radical (unpaired) electrons. The minimum Gasteiger partial charge on any atom is -0.402 e. The largest absolute Gasteiger partial charge is 0.631 e. The van der Waals surface area contributed by atoms with E-state index in [9.17, 15) is 0 Å². The van der Waals surface area contributed by atoms with Crippen LogP contribution in [-0.4, -0.2) is 22.4 Å². The Balaban J connectivity index is 0.000000112. The first kappa shape index (κ1) is 38.8. The molecule has 0 spiro atoms. The maximum Gasteiger partial charge on any atom is 0.631 e. The average molecular weight is 792 g/mol. The highest BCUT2D eigenvalue weighted by atomic mass is 16.5. The molecule has 12 aromatic rings. The molecule has 0 aliphatic carbocycles. The number of nitrogens with two attached hydrogens (primary N) is 3. The molecule has 0 heterocycles. The van der Waals surface area contributed by atoms with E-state index in [-0.39, 0.29) is 0 Å². The zero-order chi connectivity index (χ0) is 42.0. The van der Waals surface area contributed by atoms with Crippen LogP contribution in [0.2, 0.25) is 0 Å². The van der Waals surface area contributed by atoms with E-state index in [1.807, 2.05) is 18.2 Å². The van der Waals surface area contributed by atoms with Gasteiger partial charge in [0.1, 0.15) is 0 Å². The van der Waals surface area contributed by atoms with E-state index in [0.717, 1.165) is 49.4 Å². The van der Waals surface area contributed by atoms with Gasteiger partial charge >= 0.3 is 7.32 Å². The van der Waals surface area contributed by atoms with Crippen LogP contribution in [0, 0.1) is 0 Å². The van der Waals surface area contributed by atoms with Gasteiger partial charge in [0, 0.05) is 49.4 Å². The van der Waals surface area contributed by atoms with Crippen molar-refractivity contribution in [2.24, 2.45) is 0 Å². The molecular weight excluding hydrogens is 749 g/mol. The number of rotatable bonds is 0. The first-order valence-electron chi connectivity index (χ1n) is 20.1. The van der Waals surface area contributed by atoms with E-state index in [4.69, 9.17) is 32.3 Å². The van der Waals surface area contributed by atoms with Gasteiger partial charge in [-0.25, -0.2) is 0 Å². The van der Waals surface area contributed by atoms with Gasteiger partial charge in [0.15, 0.2) is 0 Å². The van der Waals surface area contributed by atoms with Crippen molar-refractivity contribution >= 4 is 121 Å². The van der Waals surface area contributed by atoms with Crippen molar-refractivity contribution < 1.29 is 15.1 Å². The molecule has 7 heteroatoms. The van der Waals surface area contributed by atoms with Crippen molar-refractivity contribution in [3.8, 4) is 0 Å². The molecule has 0 fully saturated rings. The fourth-order valence-corrected chi connectivity index (χ4v) is 8.56. The fraction of sp³-hybridized carbons (Fsp3) is 0. The Bertz CT molecular complexity index is 3220. The summed E-state index contributed by atoms with van der Waals surface area (Å²) < 4.78 is 0. The number of nitrogen functional groups attached to an aromatic ring is 3. The van der Waals surface area contributed by atoms with E-state index < -0.39 is 7.32 Å². The fourth-order valence-electron chi connectivity index (χ4n) is 8.56. The molecule has 12 aromatic carbocycles. The molecule has 0 saturated heterocycles. The lowest BCUT2D eigenvalue weighted by atomic mass is 9.97. The van der Waals surface area contributed by atoms with E-state index in [1.54, 1.807) is 0 Å². The van der Waals surface area contributed by atoms with Crippen molar-refractivity contribution in [3.63, 3.8) is 0 Å². The molecule has 9 N–H and O–H groups in total. The molecule has 0 aromatic heterocycles. The first-order valence-corrected chi connectivity index (χ1v) is 20.1. The van der Waals surface area contributed by atoms with Crippen molar-refractivity contribution in [2.45, 2.75) is 0 Å². The van der Waals surface area contributed by atoms with Gasteiger partial charge in [-0.2, -0.15) is 0 Å². The Kier molecular flexibility index (Phi) is 10.5. The number of benzene rings is 12. The molecule has 0 aliphatic heterocycles. The molecule has 0 unspecified atom stereocenters. The van der Waals surface area contributed by atoms with Gasteiger partial charge in [0.25, 0.3) is 0 Å². The van der Waals surface area contributed by atoms with E-state index in [2.05, 4.69) is 182 Å². The zero-order valence-electron chi connectivity index (χ0n) is 33.2. The molecule has 6 nitrogen and oxygen atoms in total. The van der Waals surface area contributed by atoms with Crippen LogP contribution < -0.4 is 17.2 Å². The standard InChI is InChI=1S/3C18H13N.BH3O3/c3*19-18-15-8-4-2-6-13(15)11-17-14-7-3-1-5-12(14)9-10-16(17)18;2-1(3)4/h3*1-11H,19H2;2-4H. The summed E-state index contributed by atoms with van der Waals surface area (Å²) in [6.45, 7) is 0. The minimum absolute atomic E-state index is 0.874.